The molecule has 1 heterocycles. The van der Waals surface area contributed by atoms with E-state index in [0.717, 1.165) is 0 Å². The highest BCUT2D eigenvalue weighted by Gasteiger charge is 2.47. The lowest BCUT2D eigenvalue weighted by atomic mass is 9.64. The quantitative estimate of drug-likeness (QED) is 0.878. The lowest BCUT2D eigenvalue weighted by Gasteiger charge is -2.49. The van der Waals surface area contributed by atoms with Crippen LogP contribution in [0.2, 0.25) is 0 Å². The Hall–Kier alpha value is -2.08. The average molecular weight is 290 g/mol. The Morgan fingerprint density at radius 1 is 1.48 bits per heavy atom. The molecule has 1 aliphatic carbocycles. The molecule has 2 atom stereocenters. The minimum absolute atomic E-state index is 0.0751. The van der Waals surface area contributed by atoms with Gasteiger partial charge in [0.2, 0.25) is 5.91 Å². The SMILES string of the molecule is CC1(C)C(O)CC1NC(=O)Cn1c(=O)oc2ccccc21. The summed E-state index contributed by atoms with van der Waals surface area (Å²) in [6.45, 7) is 3.73. The van der Waals surface area contributed by atoms with Crippen molar-refractivity contribution >= 4 is 17.0 Å². The number of nitrogens with zero attached hydrogens (tertiary/aromatic N) is 1. The van der Waals surface area contributed by atoms with Gasteiger partial charge in [-0.1, -0.05) is 26.0 Å². The third-order valence-corrected chi connectivity index (χ3v) is 4.43. The predicted molar refractivity (Wildman–Crippen MR) is 76.8 cm³/mol. The van der Waals surface area contributed by atoms with Crippen LogP contribution in [0.15, 0.2) is 33.5 Å². The number of amides is 1. The van der Waals surface area contributed by atoms with Gasteiger partial charge in [-0.25, -0.2) is 4.79 Å². The summed E-state index contributed by atoms with van der Waals surface area (Å²) < 4.78 is 6.40. The molecule has 0 aliphatic heterocycles. The fourth-order valence-corrected chi connectivity index (χ4v) is 2.69. The summed E-state index contributed by atoms with van der Waals surface area (Å²) in [5.74, 6) is -0.798. The largest absolute Gasteiger partial charge is 0.420 e. The van der Waals surface area contributed by atoms with Gasteiger partial charge in [0, 0.05) is 11.5 Å². The van der Waals surface area contributed by atoms with Gasteiger partial charge in [0.15, 0.2) is 5.58 Å². The fraction of sp³-hybridized carbons (Fsp3) is 0.467. The first-order chi connectivity index (χ1) is 9.89. The summed E-state index contributed by atoms with van der Waals surface area (Å²) in [5, 5.41) is 12.5. The lowest BCUT2D eigenvalue weighted by molar-refractivity contribution is -0.129. The molecule has 6 heteroatoms. The van der Waals surface area contributed by atoms with Gasteiger partial charge in [0.1, 0.15) is 6.54 Å². The number of aliphatic hydroxyl groups is 1. The van der Waals surface area contributed by atoms with Crippen molar-refractivity contribution in [2.75, 3.05) is 0 Å². The molecular weight excluding hydrogens is 272 g/mol. The molecule has 112 valence electrons. The Balaban J connectivity index is 1.76. The van der Waals surface area contributed by atoms with E-state index in [2.05, 4.69) is 5.32 Å². The van der Waals surface area contributed by atoms with Crippen LogP contribution in [-0.4, -0.2) is 27.7 Å². The number of hydrogen-bond donors (Lipinski definition) is 2. The maximum atomic E-state index is 12.1. The van der Waals surface area contributed by atoms with Crippen LogP contribution in [0.3, 0.4) is 0 Å². The third kappa shape index (κ3) is 2.25. The van der Waals surface area contributed by atoms with Gasteiger partial charge in [0.05, 0.1) is 11.6 Å². The number of para-hydroxylation sites is 2. The zero-order chi connectivity index (χ0) is 15.2. The van der Waals surface area contributed by atoms with E-state index in [4.69, 9.17) is 4.42 Å². The number of aliphatic hydroxyl groups excluding tert-OH is 1. The molecule has 6 nitrogen and oxygen atoms in total. The van der Waals surface area contributed by atoms with Crippen LogP contribution in [-0.2, 0) is 11.3 Å². The molecule has 1 fully saturated rings. The molecule has 1 aromatic heterocycles. The van der Waals surface area contributed by atoms with Crippen molar-refractivity contribution in [3.63, 3.8) is 0 Å². The zero-order valence-corrected chi connectivity index (χ0v) is 12.0. The first kappa shape index (κ1) is 13.9. The first-order valence-electron chi connectivity index (χ1n) is 6.95. The number of carbonyl (C=O) groups excluding carboxylic acids is 1. The number of oxazole rings is 1. The van der Waals surface area contributed by atoms with Gasteiger partial charge in [-0.15, -0.1) is 0 Å². The second-order valence-corrected chi connectivity index (χ2v) is 6.11. The summed E-state index contributed by atoms with van der Waals surface area (Å²) >= 11 is 0. The predicted octanol–water partition coefficient (Wildman–Crippen LogP) is 0.870. The topological polar surface area (TPSA) is 84.5 Å². The number of carbonyl (C=O) groups is 1. The van der Waals surface area contributed by atoms with E-state index in [9.17, 15) is 14.7 Å². The molecule has 2 aromatic rings. The van der Waals surface area contributed by atoms with Crippen molar-refractivity contribution in [3.05, 3.63) is 34.8 Å². The lowest BCUT2D eigenvalue weighted by Crippen LogP contribution is -2.61. The van der Waals surface area contributed by atoms with Gasteiger partial charge >= 0.3 is 5.76 Å². The maximum absolute atomic E-state index is 12.1. The van der Waals surface area contributed by atoms with Crippen molar-refractivity contribution < 1.29 is 14.3 Å². The summed E-state index contributed by atoms with van der Waals surface area (Å²) in [6.07, 6.45) is 0.139. The van der Waals surface area contributed by atoms with Crippen molar-refractivity contribution in [3.8, 4) is 0 Å². The summed E-state index contributed by atoms with van der Waals surface area (Å²) in [7, 11) is 0. The Labute approximate surface area is 121 Å². The molecule has 0 saturated heterocycles. The van der Waals surface area contributed by atoms with Gasteiger partial charge < -0.3 is 14.8 Å². The summed E-state index contributed by atoms with van der Waals surface area (Å²) in [6, 6.07) is 6.92. The van der Waals surface area contributed by atoms with Crippen LogP contribution in [0.25, 0.3) is 11.1 Å². The average Bonchev–Trinajstić information content (AvgIpc) is 2.75. The zero-order valence-electron chi connectivity index (χ0n) is 12.0. The second-order valence-electron chi connectivity index (χ2n) is 6.11. The van der Waals surface area contributed by atoms with E-state index in [1.54, 1.807) is 24.3 Å². The van der Waals surface area contributed by atoms with E-state index in [0.29, 0.717) is 17.5 Å². The summed E-state index contributed by atoms with van der Waals surface area (Å²) in [5.41, 5.74) is 0.735. The minimum atomic E-state index is -0.542. The molecule has 1 aliphatic rings. The number of rotatable bonds is 3. The standard InChI is InChI=1S/C15H18N2O4/c1-15(2)11(7-12(15)18)16-13(19)8-17-9-5-3-4-6-10(9)21-14(17)20/h3-6,11-12,18H,7-8H2,1-2H3,(H,16,19). The molecule has 2 N–H and O–H groups in total. The van der Waals surface area contributed by atoms with E-state index < -0.39 is 11.9 Å². The Bertz CT molecular complexity index is 743. The van der Waals surface area contributed by atoms with Crippen molar-refractivity contribution in [1.29, 1.82) is 0 Å². The van der Waals surface area contributed by atoms with Crippen LogP contribution >= 0.6 is 0 Å². The van der Waals surface area contributed by atoms with E-state index in [-0.39, 0.29) is 23.9 Å². The molecular formula is C15H18N2O4. The molecule has 3 rings (SSSR count). The van der Waals surface area contributed by atoms with Crippen LogP contribution in [0.1, 0.15) is 20.3 Å². The van der Waals surface area contributed by atoms with Crippen molar-refractivity contribution in [2.45, 2.75) is 39.0 Å². The van der Waals surface area contributed by atoms with Crippen molar-refractivity contribution in [2.24, 2.45) is 5.41 Å². The van der Waals surface area contributed by atoms with Crippen LogP contribution < -0.4 is 11.1 Å². The molecule has 1 aromatic carbocycles. The van der Waals surface area contributed by atoms with Crippen LogP contribution in [0.4, 0.5) is 0 Å². The molecule has 1 saturated carbocycles. The number of benzene rings is 1. The second kappa shape index (κ2) is 4.73. The maximum Gasteiger partial charge on any atom is 0.420 e. The molecule has 0 radical (unpaired) electrons. The third-order valence-electron chi connectivity index (χ3n) is 4.43. The van der Waals surface area contributed by atoms with Crippen LogP contribution in [0, 0.1) is 5.41 Å². The van der Waals surface area contributed by atoms with E-state index in [1.165, 1.54) is 4.57 Å². The smallest absolute Gasteiger partial charge is 0.408 e. The molecule has 0 spiro atoms. The Morgan fingerprint density at radius 3 is 2.86 bits per heavy atom. The van der Waals surface area contributed by atoms with E-state index in [1.807, 2.05) is 13.8 Å². The Kier molecular flexibility index (Phi) is 3.13. The molecule has 0 bridgehead atoms. The van der Waals surface area contributed by atoms with Crippen molar-refractivity contribution in [1.82, 2.24) is 9.88 Å². The van der Waals surface area contributed by atoms with E-state index >= 15 is 0 Å². The highest BCUT2D eigenvalue weighted by molar-refractivity contribution is 5.79. The molecule has 21 heavy (non-hydrogen) atoms. The first-order valence-corrected chi connectivity index (χ1v) is 6.95. The van der Waals surface area contributed by atoms with Gasteiger partial charge in [0.25, 0.3) is 0 Å². The fourth-order valence-electron chi connectivity index (χ4n) is 2.69. The number of nitrogens with one attached hydrogen (secondary N) is 1. The van der Waals surface area contributed by atoms with Crippen LogP contribution in [0.5, 0.6) is 0 Å². The monoisotopic (exact) mass is 290 g/mol. The minimum Gasteiger partial charge on any atom is -0.408 e. The number of fused-ring (bicyclic) bond motifs is 1. The normalized spacial score (nSPS) is 23.8. The number of aromatic nitrogens is 1. The van der Waals surface area contributed by atoms with Gasteiger partial charge in [-0.3, -0.25) is 9.36 Å². The summed E-state index contributed by atoms with van der Waals surface area (Å²) in [4.78, 5) is 23.9. The van der Waals surface area contributed by atoms with Gasteiger partial charge in [-0.2, -0.15) is 0 Å². The number of hydrogen-bond acceptors (Lipinski definition) is 4. The Morgan fingerprint density at radius 2 is 2.19 bits per heavy atom. The molecule has 1 amide bonds. The van der Waals surface area contributed by atoms with Gasteiger partial charge in [-0.05, 0) is 18.6 Å². The highest BCUT2D eigenvalue weighted by atomic mass is 16.4. The highest BCUT2D eigenvalue weighted by Crippen LogP contribution is 2.40. The molecule has 2 unspecified atom stereocenters.